The molecule has 144 valence electrons. The predicted octanol–water partition coefficient (Wildman–Crippen LogP) is 5.66. The molecule has 1 aromatic heterocycles. The molecule has 1 amide bonds. The molecule has 6 heteroatoms. The van der Waals surface area contributed by atoms with Crippen LogP contribution in [0.1, 0.15) is 16.9 Å². The molecule has 0 aliphatic carbocycles. The van der Waals surface area contributed by atoms with Gasteiger partial charge in [0, 0.05) is 28.6 Å². The van der Waals surface area contributed by atoms with E-state index >= 15 is 0 Å². The standard InChI is InChI=1S/C22H19ClFNO2S/c23-20-9-4-10-21(24)19(20)15-28-13-11-25-22(26)18(14-17-8-5-12-27-17)16-6-2-1-3-7-16/h1-10,12,14H,11,13,15H2,(H,25,26)/b18-14+. The molecule has 0 spiro atoms. The molecule has 0 bridgehead atoms. The van der Waals surface area contributed by atoms with E-state index < -0.39 is 0 Å². The Balaban J connectivity index is 1.57. The number of thioether (sulfide) groups is 1. The van der Waals surface area contributed by atoms with E-state index in [2.05, 4.69) is 5.32 Å². The van der Waals surface area contributed by atoms with Crippen molar-refractivity contribution in [3.63, 3.8) is 0 Å². The number of nitrogens with one attached hydrogen (secondary N) is 1. The summed E-state index contributed by atoms with van der Waals surface area (Å²) in [5, 5.41) is 3.33. The van der Waals surface area contributed by atoms with E-state index in [0.29, 0.717) is 40.0 Å². The molecule has 3 rings (SSSR count). The third-order valence-electron chi connectivity index (χ3n) is 4.00. The van der Waals surface area contributed by atoms with Crippen molar-refractivity contribution < 1.29 is 13.6 Å². The molecule has 0 saturated carbocycles. The smallest absolute Gasteiger partial charge is 0.252 e. The van der Waals surface area contributed by atoms with Crippen LogP contribution in [-0.2, 0) is 10.5 Å². The number of amides is 1. The first-order chi connectivity index (χ1) is 13.6. The van der Waals surface area contributed by atoms with E-state index in [1.807, 2.05) is 30.3 Å². The molecule has 0 aliphatic rings. The molecule has 3 aromatic rings. The van der Waals surface area contributed by atoms with Crippen LogP contribution in [0.5, 0.6) is 0 Å². The van der Waals surface area contributed by atoms with E-state index in [0.717, 1.165) is 5.56 Å². The second-order valence-corrected chi connectivity index (χ2v) is 7.46. The van der Waals surface area contributed by atoms with Gasteiger partial charge in [0.2, 0.25) is 0 Å². The van der Waals surface area contributed by atoms with Crippen LogP contribution < -0.4 is 5.32 Å². The van der Waals surface area contributed by atoms with E-state index in [1.165, 1.54) is 17.8 Å². The zero-order valence-corrected chi connectivity index (χ0v) is 16.6. The van der Waals surface area contributed by atoms with Gasteiger partial charge in [-0.25, -0.2) is 4.39 Å². The lowest BCUT2D eigenvalue weighted by Gasteiger charge is -2.10. The largest absolute Gasteiger partial charge is 0.465 e. The Morgan fingerprint density at radius 2 is 1.93 bits per heavy atom. The van der Waals surface area contributed by atoms with Crippen LogP contribution in [0.3, 0.4) is 0 Å². The van der Waals surface area contributed by atoms with Gasteiger partial charge < -0.3 is 9.73 Å². The number of carbonyl (C=O) groups excluding carboxylic acids is 1. The van der Waals surface area contributed by atoms with E-state index in [1.54, 1.807) is 36.6 Å². The molecule has 0 atom stereocenters. The number of rotatable bonds is 8. The fourth-order valence-corrected chi connectivity index (χ4v) is 3.79. The summed E-state index contributed by atoms with van der Waals surface area (Å²) in [5.41, 5.74) is 1.82. The number of benzene rings is 2. The summed E-state index contributed by atoms with van der Waals surface area (Å²) in [6.07, 6.45) is 3.29. The summed E-state index contributed by atoms with van der Waals surface area (Å²) < 4.78 is 19.1. The van der Waals surface area contributed by atoms with Crippen LogP contribution in [0.2, 0.25) is 5.02 Å². The third kappa shape index (κ3) is 5.50. The zero-order valence-electron chi connectivity index (χ0n) is 15.0. The van der Waals surface area contributed by atoms with Crippen LogP contribution in [0.25, 0.3) is 11.6 Å². The van der Waals surface area contributed by atoms with Gasteiger partial charge in [0.25, 0.3) is 5.91 Å². The quantitative estimate of drug-likeness (QED) is 0.381. The van der Waals surface area contributed by atoms with Crippen LogP contribution in [0.15, 0.2) is 71.3 Å². The first-order valence-corrected chi connectivity index (χ1v) is 10.3. The van der Waals surface area contributed by atoms with E-state index in [4.69, 9.17) is 16.0 Å². The maximum absolute atomic E-state index is 13.8. The Kier molecular flexibility index (Phi) is 7.34. The van der Waals surface area contributed by atoms with Gasteiger partial charge in [-0.3, -0.25) is 4.79 Å². The topological polar surface area (TPSA) is 42.2 Å². The number of hydrogen-bond donors (Lipinski definition) is 1. The molecule has 1 N–H and O–H groups in total. The minimum atomic E-state index is -0.309. The highest BCUT2D eigenvalue weighted by molar-refractivity contribution is 7.98. The van der Waals surface area contributed by atoms with Gasteiger partial charge >= 0.3 is 0 Å². The fraction of sp³-hybridized carbons (Fsp3) is 0.136. The first kappa shape index (κ1) is 20.2. The minimum Gasteiger partial charge on any atom is -0.465 e. The number of furan rings is 1. The molecule has 1 heterocycles. The van der Waals surface area contributed by atoms with Crippen molar-refractivity contribution in [3.8, 4) is 0 Å². The van der Waals surface area contributed by atoms with Crippen LogP contribution in [0.4, 0.5) is 4.39 Å². The van der Waals surface area contributed by atoms with Crippen molar-refractivity contribution in [1.29, 1.82) is 0 Å². The summed E-state index contributed by atoms with van der Waals surface area (Å²) in [4.78, 5) is 12.7. The van der Waals surface area contributed by atoms with Crippen molar-refractivity contribution >= 4 is 40.9 Å². The summed E-state index contributed by atoms with van der Waals surface area (Å²) in [6.45, 7) is 0.456. The summed E-state index contributed by atoms with van der Waals surface area (Å²) in [7, 11) is 0. The van der Waals surface area contributed by atoms with Gasteiger partial charge in [-0.05, 0) is 35.9 Å². The van der Waals surface area contributed by atoms with Crippen LogP contribution in [-0.4, -0.2) is 18.2 Å². The monoisotopic (exact) mass is 415 g/mol. The van der Waals surface area contributed by atoms with Gasteiger partial charge in [0.05, 0.1) is 11.8 Å². The molecule has 0 radical (unpaired) electrons. The molecular weight excluding hydrogens is 397 g/mol. The van der Waals surface area contributed by atoms with Crippen molar-refractivity contribution in [2.24, 2.45) is 0 Å². The number of halogens is 2. The maximum atomic E-state index is 13.8. The number of carbonyl (C=O) groups is 1. The number of hydrogen-bond acceptors (Lipinski definition) is 3. The SMILES string of the molecule is O=C(NCCSCc1c(F)cccc1Cl)/C(=C/c1ccco1)c1ccccc1. The lowest BCUT2D eigenvalue weighted by molar-refractivity contribution is -0.115. The van der Waals surface area contributed by atoms with Crippen molar-refractivity contribution in [2.75, 3.05) is 12.3 Å². The highest BCUT2D eigenvalue weighted by atomic mass is 35.5. The van der Waals surface area contributed by atoms with Crippen molar-refractivity contribution in [1.82, 2.24) is 5.32 Å². The highest BCUT2D eigenvalue weighted by Crippen LogP contribution is 2.24. The van der Waals surface area contributed by atoms with Gasteiger partial charge in [-0.2, -0.15) is 11.8 Å². The lowest BCUT2D eigenvalue weighted by atomic mass is 10.0. The third-order valence-corrected chi connectivity index (χ3v) is 5.34. The van der Waals surface area contributed by atoms with Crippen LogP contribution in [0, 0.1) is 5.82 Å². The van der Waals surface area contributed by atoms with Gasteiger partial charge in [-0.15, -0.1) is 0 Å². The molecule has 3 nitrogen and oxygen atoms in total. The van der Waals surface area contributed by atoms with Crippen LogP contribution >= 0.6 is 23.4 Å². The summed E-state index contributed by atoms with van der Waals surface area (Å²) in [5.74, 6) is 1.20. The lowest BCUT2D eigenvalue weighted by Crippen LogP contribution is -2.26. The summed E-state index contributed by atoms with van der Waals surface area (Å²) in [6, 6.07) is 17.6. The Hall–Kier alpha value is -2.50. The average molecular weight is 416 g/mol. The molecule has 0 aliphatic heterocycles. The Morgan fingerprint density at radius 1 is 1.11 bits per heavy atom. The second-order valence-electron chi connectivity index (χ2n) is 5.95. The fourth-order valence-electron chi connectivity index (χ4n) is 2.59. The Labute approximate surface area is 172 Å². The highest BCUT2D eigenvalue weighted by Gasteiger charge is 2.13. The molecule has 0 unspecified atom stereocenters. The second kappa shape index (κ2) is 10.2. The summed E-state index contributed by atoms with van der Waals surface area (Å²) >= 11 is 7.54. The Morgan fingerprint density at radius 3 is 2.64 bits per heavy atom. The average Bonchev–Trinajstić information content (AvgIpc) is 3.21. The van der Waals surface area contributed by atoms with E-state index in [-0.39, 0.29) is 11.7 Å². The van der Waals surface area contributed by atoms with Gasteiger partial charge in [-0.1, -0.05) is 48.0 Å². The van der Waals surface area contributed by atoms with Crippen molar-refractivity contribution in [2.45, 2.75) is 5.75 Å². The molecule has 0 saturated heterocycles. The van der Waals surface area contributed by atoms with Crippen molar-refractivity contribution in [3.05, 3.63) is 94.7 Å². The van der Waals surface area contributed by atoms with Gasteiger partial charge in [0.15, 0.2) is 0 Å². The normalized spacial score (nSPS) is 11.4. The van der Waals surface area contributed by atoms with Gasteiger partial charge in [0.1, 0.15) is 11.6 Å². The molecule has 28 heavy (non-hydrogen) atoms. The molecule has 2 aromatic carbocycles. The zero-order chi connectivity index (χ0) is 19.8. The molecule has 0 fully saturated rings. The Bertz CT molecular complexity index is 922. The van der Waals surface area contributed by atoms with E-state index in [9.17, 15) is 9.18 Å². The first-order valence-electron chi connectivity index (χ1n) is 8.74. The minimum absolute atomic E-state index is 0.188. The predicted molar refractivity (Wildman–Crippen MR) is 114 cm³/mol. The molecular formula is C22H19ClFNO2S. The maximum Gasteiger partial charge on any atom is 0.252 e.